The molecular formula is C25H26F3N5O2. The maximum Gasteiger partial charge on any atom is 0.416 e. The Kier molecular flexibility index (Phi) is 6.58. The molecular weight excluding hydrogens is 459 g/mol. The number of benzene rings is 2. The number of aryl methyl sites for hydroxylation is 1. The molecule has 7 nitrogen and oxygen atoms in total. The molecule has 3 aromatic rings. The van der Waals surface area contributed by atoms with Gasteiger partial charge in [-0.15, -0.1) is 0 Å². The van der Waals surface area contributed by atoms with Crippen LogP contribution in [0.4, 0.5) is 13.2 Å². The molecule has 0 saturated carbocycles. The van der Waals surface area contributed by atoms with Gasteiger partial charge in [0.05, 0.1) is 29.9 Å². The van der Waals surface area contributed by atoms with E-state index in [1.54, 1.807) is 19.9 Å². The first-order valence-electron chi connectivity index (χ1n) is 11.2. The van der Waals surface area contributed by atoms with E-state index < -0.39 is 34.6 Å². The zero-order valence-electron chi connectivity index (χ0n) is 19.4. The number of nitrogens with one attached hydrogen (secondary N) is 2. The fourth-order valence-electron chi connectivity index (χ4n) is 4.61. The van der Waals surface area contributed by atoms with Crippen molar-refractivity contribution in [3.05, 3.63) is 87.6 Å². The third-order valence-corrected chi connectivity index (χ3v) is 6.71. The lowest BCUT2D eigenvalue weighted by Crippen LogP contribution is -2.59. The summed E-state index contributed by atoms with van der Waals surface area (Å²) in [7, 11) is 0. The van der Waals surface area contributed by atoms with Gasteiger partial charge in [-0.1, -0.05) is 42.0 Å². The Hall–Kier alpha value is -3.42. The van der Waals surface area contributed by atoms with Gasteiger partial charge in [0, 0.05) is 6.54 Å². The first-order valence-corrected chi connectivity index (χ1v) is 11.2. The van der Waals surface area contributed by atoms with E-state index in [-0.39, 0.29) is 13.2 Å². The molecule has 1 aromatic heterocycles. The molecule has 2 heterocycles. The van der Waals surface area contributed by atoms with Crippen molar-refractivity contribution in [3.63, 3.8) is 0 Å². The second kappa shape index (κ2) is 9.32. The second-order valence-corrected chi connectivity index (χ2v) is 9.06. The minimum Gasteiger partial charge on any atom is -0.372 e. The van der Waals surface area contributed by atoms with Gasteiger partial charge in [0.2, 0.25) is 0 Å². The fraction of sp³-hybridized carbons (Fsp3) is 0.400. The van der Waals surface area contributed by atoms with Crippen molar-refractivity contribution < 1.29 is 17.9 Å². The van der Waals surface area contributed by atoms with Gasteiger partial charge in [-0.25, -0.2) is 9.89 Å². The van der Waals surface area contributed by atoms with Crippen molar-refractivity contribution in [2.24, 2.45) is 0 Å². The van der Waals surface area contributed by atoms with Crippen molar-refractivity contribution in [3.8, 4) is 6.07 Å². The minimum atomic E-state index is -4.44. The van der Waals surface area contributed by atoms with Crippen molar-refractivity contribution in [2.45, 2.75) is 50.0 Å². The highest BCUT2D eigenvalue weighted by atomic mass is 19.4. The summed E-state index contributed by atoms with van der Waals surface area (Å²) in [5, 5.41) is 19.5. The molecule has 2 aromatic carbocycles. The summed E-state index contributed by atoms with van der Waals surface area (Å²) in [5.74, 6) is 0. The molecule has 0 spiro atoms. The van der Waals surface area contributed by atoms with Crippen LogP contribution < -0.4 is 11.0 Å². The lowest BCUT2D eigenvalue weighted by molar-refractivity contribution is -0.137. The van der Waals surface area contributed by atoms with Crippen LogP contribution in [0.25, 0.3) is 0 Å². The number of ether oxygens (including phenoxy) is 1. The first-order chi connectivity index (χ1) is 16.6. The maximum absolute atomic E-state index is 13.3. The lowest BCUT2D eigenvalue weighted by atomic mass is 9.76. The Morgan fingerprint density at radius 1 is 1.23 bits per heavy atom. The number of aromatic nitrogens is 3. The molecule has 1 aliphatic rings. The highest BCUT2D eigenvalue weighted by molar-refractivity contribution is 5.33. The summed E-state index contributed by atoms with van der Waals surface area (Å²) in [6.45, 7) is 3.67. The van der Waals surface area contributed by atoms with E-state index >= 15 is 0 Å². The van der Waals surface area contributed by atoms with Crippen molar-refractivity contribution in [1.82, 2.24) is 20.1 Å². The van der Waals surface area contributed by atoms with E-state index in [1.165, 1.54) is 10.9 Å². The first kappa shape index (κ1) is 24.7. The van der Waals surface area contributed by atoms with Gasteiger partial charge in [-0.3, -0.25) is 4.57 Å². The zero-order chi connectivity index (χ0) is 25.3. The van der Waals surface area contributed by atoms with Crippen molar-refractivity contribution in [1.29, 1.82) is 5.26 Å². The molecule has 1 aliphatic heterocycles. The van der Waals surface area contributed by atoms with E-state index in [1.807, 2.05) is 30.3 Å². The average molecular weight is 486 g/mol. The van der Waals surface area contributed by atoms with Crippen LogP contribution in [0.3, 0.4) is 0 Å². The number of hydrogen-bond donors (Lipinski definition) is 2. The maximum atomic E-state index is 13.3. The van der Waals surface area contributed by atoms with Crippen LogP contribution in [0.5, 0.6) is 0 Å². The van der Waals surface area contributed by atoms with Gasteiger partial charge >= 0.3 is 11.9 Å². The van der Waals surface area contributed by atoms with Crippen molar-refractivity contribution in [2.75, 3.05) is 13.2 Å². The average Bonchev–Trinajstić information content (AvgIpc) is 3.29. The largest absolute Gasteiger partial charge is 0.416 e. The third kappa shape index (κ3) is 4.88. The third-order valence-electron chi connectivity index (χ3n) is 6.71. The predicted molar refractivity (Wildman–Crippen MR) is 122 cm³/mol. The van der Waals surface area contributed by atoms with Crippen LogP contribution in [-0.2, 0) is 22.0 Å². The number of H-pyrrole nitrogens is 1. The SMILES string of the molecule is Cc1cc([C@@H](C)OC[C@@]2(c3ccccc3)CC[C@](C#N)(n3cn[nH]c3=O)CN2)cc(C(F)(F)F)c1. The van der Waals surface area contributed by atoms with Crippen molar-refractivity contribution >= 4 is 0 Å². The molecule has 0 aliphatic carbocycles. The fourth-order valence-corrected chi connectivity index (χ4v) is 4.61. The molecule has 1 saturated heterocycles. The Balaban J connectivity index is 1.59. The number of alkyl halides is 3. The Bertz CT molecular complexity index is 1270. The summed E-state index contributed by atoms with van der Waals surface area (Å²) in [6.07, 6.45) is -2.92. The number of piperidine rings is 1. The summed E-state index contributed by atoms with van der Waals surface area (Å²) in [4.78, 5) is 12.2. The van der Waals surface area contributed by atoms with Gasteiger partial charge in [0.15, 0.2) is 0 Å². The summed E-state index contributed by atoms with van der Waals surface area (Å²) < 4.78 is 47.4. The highest BCUT2D eigenvalue weighted by Gasteiger charge is 2.46. The van der Waals surface area contributed by atoms with E-state index in [9.17, 15) is 23.2 Å². The van der Waals surface area contributed by atoms with Gasteiger partial charge in [-0.05, 0) is 49.9 Å². The molecule has 0 radical (unpaired) electrons. The zero-order valence-corrected chi connectivity index (χ0v) is 19.4. The molecule has 10 heteroatoms. The summed E-state index contributed by atoms with van der Waals surface area (Å²) >= 11 is 0. The van der Waals surface area contributed by atoms with Crippen LogP contribution in [0.15, 0.2) is 59.7 Å². The molecule has 0 unspecified atom stereocenters. The normalized spacial score (nSPS) is 23.5. The number of halogens is 3. The van der Waals surface area contributed by atoms with Crippen LogP contribution >= 0.6 is 0 Å². The van der Waals surface area contributed by atoms with Crippen LogP contribution in [-0.4, -0.2) is 27.9 Å². The molecule has 4 rings (SSSR count). The number of nitrogens with zero attached hydrogens (tertiary/aromatic N) is 3. The second-order valence-electron chi connectivity index (χ2n) is 9.06. The summed E-state index contributed by atoms with van der Waals surface area (Å²) in [6, 6.07) is 15.7. The highest BCUT2D eigenvalue weighted by Crippen LogP contribution is 2.38. The van der Waals surface area contributed by atoms with Gasteiger partial charge in [-0.2, -0.15) is 23.5 Å². The molecule has 35 heavy (non-hydrogen) atoms. The summed E-state index contributed by atoms with van der Waals surface area (Å²) in [5.41, 5.74) is -1.12. The lowest BCUT2D eigenvalue weighted by Gasteiger charge is -2.45. The Morgan fingerprint density at radius 3 is 2.54 bits per heavy atom. The number of rotatable bonds is 6. The molecule has 0 amide bonds. The Morgan fingerprint density at radius 2 is 1.97 bits per heavy atom. The van der Waals surface area contributed by atoms with Crippen LogP contribution in [0.2, 0.25) is 0 Å². The molecule has 184 valence electrons. The number of aromatic amines is 1. The monoisotopic (exact) mass is 485 g/mol. The van der Waals surface area contributed by atoms with E-state index in [4.69, 9.17) is 4.74 Å². The van der Waals surface area contributed by atoms with Crippen LogP contribution in [0.1, 0.15) is 48.1 Å². The topological polar surface area (TPSA) is 95.7 Å². The predicted octanol–water partition coefficient (Wildman–Crippen LogP) is 4.17. The molecule has 1 fully saturated rings. The van der Waals surface area contributed by atoms with Gasteiger partial charge in [0.25, 0.3) is 0 Å². The molecule has 0 bridgehead atoms. The van der Waals surface area contributed by atoms with Gasteiger partial charge in [0.1, 0.15) is 11.9 Å². The number of nitriles is 1. The Labute approximate surface area is 200 Å². The quantitative estimate of drug-likeness (QED) is 0.546. The molecule has 3 atom stereocenters. The molecule has 2 N–H and O–H groups in total. The minimum absolute atomic E-state index is 0.162. The van der Waals surface area contributed by atoms with Gasteiger partial charge < -0.3 is 10.1 Å². The standard InChI is InChI=1S/C25H26F3N5O2/c1-17-10-19(12-21(11-17)25(26,27)28)18(2)35-15-24(20-6-4-3-5-7-20)9-8-23(13-29,14-30-24)33-16-31-32-22(33)34/h3-7,10-12,16,18,30H,8-9,14-15H2,1-2H3,(H,32,34)/t18-,23-,24-/m1/s1. The smallest absolute Gasteiger partial charge is 0.372 e. The van der Waals surface area contributed by atoms with E-state index in [0.29, 0.717) is 24.0 Å². The van der Waals surface area contributed by atoms with Crippen LogP contribution in [0, 0.1) is 18.3 Å². The van der Waals surface area contributed by atoms with E-state index in [0.717, 1.165) is 17.7 Å². The number of hydrogen-bond acceptors (Lipinski definition) is 5. The van der Waals surface area contributed by atoms with E-state index in [2.05, 4.69) is 21.6 Å².